The van der Waals surface area contributed by atoms with E-state index < -0.39 is 0 Å². The van der Waals surface area contributed by atoms with Crippen molar-refractivity contribution in [3.63, 3.8) is 0 Å². The molecule has 0 N–H and O–H groups in total. The van der Waals surface area contributed by atoms with Crippen LogP contribution in [0.15, 0.2) is 30.3 Å². The Hall–Kier alpha value is -1.90. The average Bonchev–Trinajstić information content (AvgIpc) is 2.23. The van der Waals surface area contributed by atoms with Crippen LogP contribution >= 0.6 is 0 Å². The van der Waals surface area contributed by atoms with E-state index in [1.807, 2.05) is 18.2 Å². The summed E-state index contributed by atoms with van der Waals surface area (Å²) in [5.74, 6) is -0.0807. The van der Waals surface area contributed by atoms with Crippen molar-refractivity contribution in [3.05, 3.63) is 46.8 Å². The smallest absolute Gasteiger partial charge is 0.224 e. The van der Waals surface area contributed by atoms with Crippen LogP contribution in [0.4, 0.5) is 0 Å². The first-order valence-corrected chi connectivity index (χ1v) is 4.74. The number of hydrogen-bond acceptors (Lipinski definition) is 2. The van der Waals surface area contributed by atoms with Gasteiger partial charge in [0.2, 0.25) is 11.2 Å². The minimum Gasteiger partial charge on any atom is -0.618 e. The number of hydrogen-bond donors (Lipinski definition) is 0. The van der Waals surface area contributed by atoms with Crippen molar-refractivity contribution in [2.45, 2.75) is 13.8 Å². The molecule has 0 atom stereocenters. The second-order valence-corrected chi connectivity index (χ2v) is 3.55. The van der Waals surface area contributed by atoms with Crippen molar-refractivity contribution in [3.8, 4) is 0 Å². The van der Waals surface area contributed by atoms with E-state index in [1.54, 1.807) is 19.1 Å². The summed E-state index contributed by atoms with van der Waals surface area (Å²) in [5.41, 5.74) is 1.55. The monoisotopic (exact) mass is 201 g/mol. The van der Waals surface area contributed by atoms with E-state index in [9.17, 15) is 10.0 Å². The van der Waals surface area contributed by atoms with Gasteiger partial charge < -0.3 is 5.21 Å². The number of nitrogens with zero attached hydrogens (tertiary/aromatic N) is 1. The number of para-hydroxylation sites is 1. The van der Waals surface area contributed by atoms with Gasteiger partial charge in [-0.05, 0) is 19.1 Å². The lowest BCUT2D eigenvalue weighted by Crippen LogP contribution is -2.33. The summed E-state index contributed by atoms with van der Waals surface area (Å²) in [7, 11) is 0. The highest BCUT2D eigenvalue weighted by atomic mass is 16.5. The van der Waals surface area contributed by atoms with Gasteiger partial charge in [0.25, 0.3) is 0 Å². The molecule has 0 aliphatic heterocycles. The Kier molecular flexibility index (Phi) is 2.15. The van der Waals surface area contributed by atoms with Crippen molar-refractivity contribution in [1.82, 2.24) is 0 Å². The Bertz CT molecular complexity index is 547. The zero-order valence-corrected chi connectivity index (χ0v) is 8.65. The molecule has 0 saturated carbocycles. The van der Waals surface area contributed by atoms with Crippen molar-refractivity contribution in [2.75, 3.05) is 0 Å². The predicted octanol–water partition coefficient (Wildman–Crippen LogP) is 1.98. The first-order valence-electron chi connectivity index (χ1n) is 4.74. The number of ketones is 1. The van der Waals surface area contributed by atoms with Crippen LogP contribution in [0.3, 0.4) is 0 Å². The third kappa shape index (κ3) is 1.46. The molecule has 0 radical (unpaired) electrons. The standard InChI is InChI=1S/C12H11NO2/c1-8-11(9(2)14)7-10-5-3-4-6-12(10)13(8)15/h3-7H,1-2H3. The summed E-state index contributed by atoms with van der Waals surface area (Å²) in [4.78, 5) is 11.3. The third-order valence-corrected chi connectivity index (χ3v) is 2.53. The topological polar surface area (TPSA) is 44.0 Å². The van der Waals surface area contributed by atoms with E-state index in [-0.39, 0.29) is 5.78 Å². The highest BCUT2D eigenvalue weighted by Crippen LogP contribution is 2.14. The summed E-state index contributed by atoms with van der Waals surface area (Å²) in [6.07, 6.45) is 0. The maximum absolute atomic E-state index is 11.8. The molecule has 3 heteroatoms. The Balaban J connectivity index is 2.88. The van der Waals surface area contributed by atoms with E-state index in [0.717, 1.165) is 10.1 Å². The maximum atomic E-state index is 11.8. The van der Waals surface area contributed by atoms with Crippen LogP contribution in [0.2, 0.25) is 0 Å². The fourth-order valence-corrected chi connectivity index (χ4v) is 1.70. The summed E-state index contributed by atoms with van der Waals surface area (Å²) >= 11 is 0. The number of carbonyl (C=O) groups excluding carboxylic acids is 1. The van der Waals surface area contributed by atoms with Crippen LogP contribution in [0.25, 0.3) is 10.9 Å². The molecule has 76 valence electrons. The summed E-state index contributed by atoms with van der Waals surface area (Å²) < 4.78 is 0.812. The van der Waals surface area contributed by atoms with Crippen LogP contribution in [-0.4, -0.2) is 5.78 Å². The van der Waals surface area contributed by atoms with Crippen LogP contribution in [0.1, 0.15) is 23.0 Å². The van der Waals surface area contributed by atoms with Crippen LogP contribution in [0, 0.1) is 12.1 Å². The minimum atomic E-state index is -0.0807. The molecule has 1 aromatic carbocycles. The van der Waals surface area contributed by atoms with E-state index in [1.165, 1.54) is 6.92 Å². The molecular formula is C12H11NO2. The normalized spacial score (nSPS) is 10.5. The molecule has 0 saturated heterocycles. The van der Waals surface area contributed by atoms with E-state index >= 15 is 0 Å². The van der Waals surface area contributed by atoms with E-state index in [4.69, 9.17) is 0 Å². The molecule has 3 nitrogen and oxygen atoms in total. The van der Waals surface area contributed by atoms with Crippen LogP contribution in [-0.2, 0) is 0 Å². The molecule has 0 fully saturated rings. The molecule has 2 aromatic rings. The van der Waals surface area contributed by atoms with Gasteiger partial charge in [-0.15, -0.1) is 0 Å². The lowest BCUT2D eigenvalue weighted by Gasteiger charge is -2.07. The molecule has 2 rings (SSSR count). The van der Waals surface area contributed by atoms with Crippen LogP contribution < -0.4 is 4.73 Å². The van der Waals surface area contributed by atoms with Gasteiger partial charge in [-0.2, -0.15) is 4.73 Å². The lowest BCUT2D eigenvalue weighted by atomic mass is 10.1. The van der Waals surface area contributed by atoms with Gasteiger partial charge in [0.1, 0.15) is 0 Å². The SMILES string of the molecule is CC(=O)c1cc2ccccc2[n+]([O-])c1C. The molecular weight excluding hydrogens is 190 g/mol. The molecule has 0 aliphatic rings. The minimum absolute atomic E-state index is 0.0807. The number of benzene rings is 1. The zero-order chi connectivity index (χ0) is 11.0. The van der Waals surface area contributed by atoms with E-state index in [2.05, 4.69) is 0 Å². The second kappa shape index (κ2) is 3.35. The first kappa shape index (κ1) is 9.65. The third-order valence-electron chi connectivity index (χ3n) is 2.53. The summed E-state index contributed by atoms with van der Waals surface area (Å²) in [6, 6.07) is 9.00. The Morgan fingerprint density at radius 3 is 2.67 bits per heavy atom. The average molecular weight is 201 g/mol. The Labute approximate surface area is 87.5 Å². The van der Waals surface area contributed by atoms with Gasteiger partial charge in [-0.3, -0.25) is 4.79 Å². The number of aromatic nitrogens is 1. The molecule has 0 unspecified atom stereocenters. The van der Waals surface area contributed by atoms with Gasteiger partial charge >= 0.3 is 0 Å². The number of Topliss-reactive ketones (excluding diaryl/α,β-unsaturated/α-hetero) is 1. The van der Waals surface area contributed by atoms with Crippen molar-refractivity contribution in [1.29, 1.82) is 0 Å². The molecule has 0 spiro atoms. The first-order chi connectivity index (χ1) is 7.11. The maximum Gasteiger partial charge on any atom is 0.224 e. The fraction of sp³-hybridized carbons (Fsp3) is 0.167. The lowest BCUT2D eigenvalue weighted by molar-refractivity contribution is -0.584. The van der Waals surface area contributed by atoms with Crippen molar-refractivity contribution < 1.29 is 9.52 Å². The molecule has 15 heavy (non-hydrogen) atoms. The molecule has 1 aromatic heterocycles. The number of fused-ring (bicyclic) bond motifs is 1. The second-order valence-electron chi connectivity index (χ2n) is 3.55. The highest BCUT2D eigenvalue weighted by Gasteiger charge is 2.15. The Morgan fingerprint density at radius 1 is 1.33 bits per heavy atom. The van der Waals surface area contributed by atoms with Crippen molar-refractivity contribution in [2.24, 2.45) is 0 Å². The van der Waals surface area contributed by atoms with Gasteiger partial charge in [-0.25, -0.2) is 0 Å². The predicted molar refractivity (Wildman–Crippen MR) is 57.6 cm³/mol. The number of carbonyl (C=O) groups is 1. The number of rotatable bonds is 1. The fourth-order valence-electron chi connectivity index (χ4n) is 1.70. The summed E-state index contributed by atoms with van der Waals surface area (Å²) in [5, 5.41) is 12.6. The summed E-state index contributed by atoms with van der Waals surface area (Å²) in [6.45, 7) is 3.13. The van der Waals surface area contributed by atoms with Crippen LogP contribution in [0.5, 0.6) is 0 Å². The van der Waals surface area contributed by atoms with Gasteiger partial charge in [0.05, 0.1) is 5.56 Å². The largest absolute Gasteiger partial charge is 0.618 e. The van der Waals surface area contributed by atoms with Gasteiger partial charge in [-0.1, -0.05) is 12.1 Å². The van der Waals surface area contributed by atoms with E-state index in [0.29, 0.717) is 16.8 Å². The van der Waals surface area contributed by atoms with Gasteiger partial charge in [0.15, 0.2) is 5.78 Å². The number of pyridine rings is 1. The molecule has 0 aliphatic carbocycles. The zero-order valence-electron chi connectivity index (χ0n) is 8.65. The highest BCUT2D eigenvalue weighted by molar-refractivity contribution is 5.97. The van der Waals surface area contributed by atoms with Gasteiger partial charge in [0, 0.05) is 18.4 Å². The van der Waals surface area contributed by atoms with Crippen molar-refractivity contribution >= 4 is 16.7 Å². The molecule has 0 bridgehead atoms. The quantitative estimate of drug-likeness (QED) is 0.402. The Morgan fingerprint density at radius 2 is 2.00 bits per heavy atom. The molecule has 1 heterocycles. The molecule has 0 amide bonds.